The van der Waals surface area contributed by atoms with Crippen molar-refractivity contribution in [3.63, 3.8) is 0 Å². The van der Waals surface area contributed by atoms with Gasteiger partial charge < -0.3 is 9.47 Å². The van der Waals surface area contributed by atoms with Crippen LogP contribution in [0.1, 0.15) is 19.8 Å². The molecule has 2 fully saturated rings. The van der Waals surface area contributed by atoms with Crippen LogP contribution >= 0.6 is 0 Å². The number of carbonyl (C=O) groups excluding carboxylic acids is 1. The molecule has 0 aromatic rings. The summed E-state index contributed by atoms with van der Waals surface area (Å²) in [5.41, 5.74) is 0. The SMILES string of the molecule is COC(=O)C1CCC1N1CCOCC1C. The summed E-state index contributed by atoms with van der Waals surface area (Å²) in [5.74, 6) is 0.0421. The van der Waals surface area contributed by atoms with Crippen LogP contribution in [0.3, 0.4) is 0 Å². The number of carbonyl (C=O) groups is 1. The van der Waals surface area contributed by atoms with Gasteiger partial charge in [0.25, 0.3) is 0 Å². The highest BCUT2D eigenvalue weighted by molar-refractivity contribution is 5.74. The Morgan fingerprint density at radius 1 is 1.47 bits per heavy atom. The Morgan fingerprint density at radius 2 is 2.27 bits per heavy atom. The summed E-state index contributed by atoms with van der Waals surface area (Å²) in [6.07, 6.45) is 2.09. The zero-order chi connectivity index (χ0) is 10.8. The molecule has 0 N–H and O–H groups in total. The van der Waals surface area contributed by atoms with Crippen molar-refractivity contribution in [1.29, 1.82) is 0 Å². The van der Waals surface area contributed by atoms with Crippen molar-refractivity contribution in [3.05, 3.63) is 0 Å². The summed E-state index contributed by atoms with van der Waals surface area (Å²) in [5, 5.41) is 0. The molecule has 0 bridgehead atoms. The van der Waals surface area contributed by atoms with E-state index in [1.807, 2.05) is 0 Å². The van der Waals surface area contributed by atoms with E-state index in [1.54, 1.807) is 0 Å². The minimum absolute atomic E-state index is 0.0510. The van der Waals surface area contributed by atoms with Crippen molar-refractivity contribution < 1.29 is 14.3 Å². The summed E-state index contributed by atoms with van der Waals surface area (Å²) in [4.78, 5) is 13.9. The zero-order valence-corrected chi connectivity index (χ0v) is 9.44. The van der Waals surface area contributed by atoms with E-state index in [0.29, 0.717) is 12.1 Å². The smallest absolute Gasteiger partial charge is 0.310 e. The monoisotopic (exact) mass is 213 g/mol. The summed E-state index contributed by atoms with van der Waals surface area (Å²) in [6, 6.07) is 0.813. The van der Waals surface area contributed by atoms with Crippen LogP contribution in [0.2, 0.25) is 0 Å². The molecule has 1 heterocycles. The average Bonchev–Trinajstić information content (AvgIpc) is 2.19. The van der Waals surface area contributed by atoms with E-state index < -0.39 is 0 Å². The second kappa shape index (κ2) is 4.49. The summed E-state index contributed by atoms with van der Waals surface area (Å²) in [6.45, 7) is 4.67. The van der Waals surface area contributed by atoms with Crippen LogP contribution in [0.25, 0.3) is 0 Å². The van der Waals surface area contributed by atoms with E-state index in [1.165, 1.54) is 7.11 Å². The van der Waals surface area contributed by atoms with Gasteiger partial charge in [-0.2, -0.15) is 0 Å². The lowest BCUT2D eigenvalue weighted by atomic mass is 9.78. The van der Waals surface area contributed by atoms with E-state index >= 15 is 0 Å². The Balaban J connectivity index is 1.95. The minimum atomic E-state index is -0.0510. The molecule has 1 saturated heterocycles. The van der Waals surface area contributed by atoms with Gasteiger partial charge in [-0.05, 0) is 19.8 Å². The molecule has 3 atom stereocenters. The van der Waals surface area contributed by atoms with E-state index in [2.05, 4.69) is 11.8 Å². The van der Waals surface area contributed by atoms with Crippen LogP contribution in [0.4, 0.5) is 0 Å². The molecule has 15 heavy (non-hydrogen) atoms. The molecule has 3 unspecified atom stereocenters. The highest BCUT2D eigenvalue weighted by Gasteiger charge is 2.43. The number of hydrogen-bond acceptors (Lipinski definition) is 4. The first-order chi connectivity index (χ1) is 7.24. The number of hydrogen-bond donors (Lipinski definition) is 0. The molecule has 4 nitrogen and oxygen atoms in total. The first kappa shape index (κ1) is 10.9. The first-order valence-electron chi connectivity index (χ1n) is 5.65. The molecule has 2 rings (SSSR count). The Hall–Kier alpha value is -0.610. The molecule has 0 aromatic heterocycles. The number of esters is 1. The number of ether oxygens (including phenoxy) is 2. The second-order valence-corrected chi connectivity index (χ2v) is 4.44. The highest BCUT2D eigenvalue weighted by atomic mass is 16.5. The molecule has 0 spiro atoms. The van der Waals surface area contributed by atoms with Crippen LogP contribution < -0.4 is 0 Å². The van der Waals surface area contributed by atoms with Gasteiger partial charge in [0.05, 0.1) is 26.2 Å². The fraction of sp³-hybridized carbons (Fsp3) is 0.909. The lowest BCUT2D eigenvalue weighted by Crippen LogP contribution is -2.57. The molecule has 86 valence electrons. The quantitative estimate of drug-likeness (QED) is 0.632. The molecule has 0 aromatic carbocycles. The summed E-state index contributed by atoms with van der Waals surface area (Å²) >= 11 is 0. The van der Waals surface area contributed by atoms with Gasteiger partial charge in [-0.3, -0.25) is 9.69 Å². The third kappa shape index (κ3) is 2.01. The van der Waals surface area contributed by atoms with Crippen molar-refractivity contribution in [2.24, 2.45) is 5.92 Å². The van der Waals surface area contributed by atoms with Crippen molar-refractivity contribution in [1.82, 2.24) is 4.90 Å². The van der Waals surface area contributed by atoms with Crippen LogP contribution in [0.15, 0.2) is 0 Å². The standard InChI is InChI=1S/C11H19NO3/c1-8-7-15-6-5-12(8)10-4-3-9(10)11(13)14-2/h8-10H,3-7H2,1-2H3. The maximum absolute atomic E-state index is 11.5. The molecule has 4 heteroatoms. The van der Waals surface area contributed by atoms with Gasteiger partial charge >= 0.3 is 5.97 Å². The summed E-state index contributed by atoms with van der Waals surface area (Å²) in [7, 11) is 1.47. The Kier molecular flexibility index (Phi) is 3.26. The van der Waals surface area contributed by atoms with Crippen molar-refractivity contribution in [3.8, 4) is 0 Å². The maximum atomic E-state index is 11.5. The average molecular weight is 213 g/mol. The topological polar surface area (TPSA) is 38.8 Å². The van der Waals surface area contributed by atoms with Gasteiger partial charge in [0, 0.05) is 18.6 Å². The van der Waals surface area contributed by atoms with Crippen LogP contribution in [0.5, 0.6) is 0 Å². The largest absolute Gasteiger partial charge is 0.469 e. The van der Waals surface area contributed by atoms with Gasteiger partial charge in [0.1, 0.15) is 0 Å². The van der Waals surface area contributed by atoms with Gasteiger partial charge in [-0.25, -0.2) is 0 Å². The fourth-order valence-electron chi connectivity index (χ4n) is 2.54. The van der Waals surface area contributed by atoms with Gasteiger partial charge in [-0.15, -0.1) is 0 Å². The maximum Gasteiger partial charge on any atom is 0.310 e. The molecule has 0 amide bonds. The molecule has 1 aliphatic heterocycles. The molecule has 1 aliphatic carbocycles. The van der Waals surface area contributed by atoms with Crippen LogP contribution in [-0.2, 0) is 14.3 Å². The normalized spacial score (nSPS) is 37.1. The lowest BCUT2D eigenvalue weighted by molar-refractivity contribution is -0.155. The Bertz CT molecular complexity index is 244. The first-order valence-corrected chi connectivity index (χ1v) is 5.65. The van der Waals surface area contributed by atoms with E-state index in [-0.39, 0.29) is 11.9 Å². The Morgan fingerprint density at radius 3 is 2.80 bits per heavy atom. The van der Waals surface area contributed by atoms with Gasteiger partial charge in [-0.1, -0.05) is 0 Å². The number of morpholine rings is 1. The van der Waals surface area contributed by atoms with Crippen molar-refractivity contribution in [2.45, 2.75) is 31.8 Å². The fourth-order valence-corrected chi connectivity index (χ4v) is 2.54. The van der Waals surface area contributed by atoms with Gasteiger partial charge in [0.15, 0.2) is 0 Å². The molecule has 2 aliphatic rings. The highest BCUT2D eigenvalue weighted by Crippen LogP contribution is 2.34. The minimum Gasteiger partial charge on any atom is -0.469 e. The molecular formula is C11H19NO3. The van der Waals surface area contributed by atoms with E-state index in [4.69, 9.17) is 9.47 Å². The van der Waals surface area contributed by atoms with Crippen LogP contribution in [0, 0.1) is 5.92 Å². The summed E-state index contributed by atoms with van der Waals surface area (Å²) < 4.78 is 10.2. The second-order valence-electron chi connectivity index (χ2n) is 4.44. The molecular weight excluding hydrogens is 194 g/mol. The van der Waals surface area contributed by atoms with Crippen LogP contribution in [-0.4, -0.2) is 49.8 Å². The zero-order valence-electron chi connectivity index (χ0n) is 9.44. The number of rotatable bonds is 2. The number of methoxy groups -OCH3 is 1. The lowest BCUT2D eigenvalue weighted by Gasteiger charge is -2.47. The van der Waals surface area contributed by atoms with E-state index in [0.717, 1.165) is 32.6 Å². The molecule has 0 radical (unpaired) electrons. The Labute approximate surface area is 90.5 Å². The predicted octanol–water partition coefficient (Wildman–Crippen LogP) is 0.659. The third-order valence-electron chi connectivity index (χ3n) is 3.59. The third-order valence-corrected chi connectivity index (χ3v) is 3.59. The van der Waals surface area contributed by atoms with Crippen molar-refractivity contribution in [2.75, 3.05) is 26.9 Å². The van der Waals surface area contributed by atoms with Crippen molar-refractivity contribution >= 4 is 5.97 Å². The predicted molar refractivity (Wildman–Crippen MR) is 55.5 cm³/mol. The number of nitrogens with zero attached hydrogens (tertiary/aromatic N) is 1. The van der Waals surface area contributed by atoms with E-state index in [9.17, 15) is 4.79 Å². The molecule has 1 saturated carbocycles. The van der Waals surface area contributed by atoms with Gasteiger partial charge in [0.2, 0.25) is 0 Å².